The summed E-state index contributed by atoms with van der Waals surface area (Å²) in [6, 6.07) is 12.5. The van der Waals surface area contributed by atoms with Gasteiger partial charge in [-0.3, -0.25) is 14.8 Å². The first-order valence-corrected chi connectivity index (χ1v) is 9.17. The number of nitrogens with zero attached hydrogens (tertiary/aromatic N) is 2. The molecule has 1 aliphatic rings. The molecule has 3 aromatic rings. The first kappa shape index (κ1) is 18.7. The van der Waals surface area contributed by atoms with Gasteiger partial charge in [-0.1, -0.05) is 0 Å². The molecule has 2 N–H and O–H groups in total. The largest absolute Gasteiger partial charge is 0.382 e. The van der Waals surface area contributed by atoms with Gasteiger partial charge >= 0.3 is 0 Å². The van der Waals surface area contributed by atoms with Gasteiger partial charge in [0.2, 0.25) is 5.91 Å². The Bertz CT molecular complexity index is 1070. The molecule has 29 heavy (non-hydrogen) atoms. The Balaban J connectivity index is 1.42. The minimum atomic E-state index is -0.707. The molecule has 0 spiro atoms. The van der Waals surface area contributed by atoms with Crippen LogP contribution in [0.25, 0.3) is 0 Å². The van der Waals surface area contributed by atoms with E-state index in [0.29, 0.717) is 29.2 Å². The van der Waals surface area contributed by atoms with Crippen molar-refractivity contribution in [1.82, 2.24) is 4.98 Å². The summed E-state index contributed by atoms with van der Waals surface area (Å²) in [6.07, 6.45) is 5.60. The van der Waals surface area contributed by atoms with Gasteiger partial charge in [0.15, 0.2) is 0 Å². The lowest BCUT2D eigenvalue weighted by atomic mass is 10.0. The SMILES string of the molecule is O=C1Nc2ccc(F)cc2C1C=Nc1ccc(NCCc2ccncc2)c(F)c1. The first-order chi connectivity index (χ1) is 14.1. The van der Waals surface area contributed by atoms with E-state index in [1.54, 1.807) is 24.5 Å². The van der Waals surface area contributed by atoms with Crippen molar-refractivity contribution in [3.63, 3.8) is 0 Å². The van der Waals surface area contributed by atoms with Gasteiger partial charge in [-0.15, -0.1) is 0 Å². The Morgan fingerprint density at radius 3 is 2.72 bits per heavy atom. The van der Waals surface area contributed by atoms with Gasteiger partial charge in [-0.05, 0) is 60.0 Å². The Kier molecular flexibility index (Phi) is 5.29. The van der Waals surface area contributed by atoms with Crippen LogP contribution in [-0.4, -0.2) is 23.7 Å². The van der Waals surface area contributed by atoms with Crippen LogP contribution in [0.4, 0.5) is 25.8 Å². The van der Waals surface area contributed by atoms with E-state index < -0.39 is 17.6 Å². The van der Waals surface area contributed by atoms with E-state index in [0.717, 1.165) is 12.0 Å². The van der Waals surface area contributed by atoms with Gasteiger partial charge < -0.3 is 10.6 Å². The summed E-state index contributed by atoms with van der Waals surface area (Å²) in [5.41, 5.74) is 2.95. The van der Waals surface area contributed by atoms with Crippen molar-refractivity contribution in [2.75, 3.05) is 17.2 Å². The fourth-order valence-electron chi connectivity index (χ4n) is 3.18. The van der Waals surface area contributed by atoms with E-state index in [2.05, 4.69) is 20.6 Å². The lowest BCUT2D eigenvalue weighted by Gasteiger charge is -2.08. The van der Waals surface area contributed by atoms with Crippen LogP contribution in [-0.2, 0) is 11.2 Å². The number of amides is 1. The highest BCUT2D eigenvalue weighted by molar-refractivity contribution is 6.12. The lowest BCUT2D eigenvalue weighted by Crippen LogP contribution is -2.12. The Morgan fingerprint density at radius 1 is 1.10 bits per heavy atom. The van der Waals surface area contributed by atoms with Gasteiger partial charge in [-0.2, -0.15) is 0 Å². The molecule has 2 heterocycles. The molecular weight excluding hydrogens is 374 g/mol. The predicted octanol–water partition coefficient (Wildman–Crippen LogP) is 4.45. The van der Waals surface area contributed by atoms with E-state index in [4.69, 9.17) is 0 Å². The van der Waals surface area contributed by atoms with Gasteiger partial charge in [0.1, 0.15) is 17.6 Å². The number of aliphatic imine (C=N–C) groups is 1. The molecule has 0 fully saturated rings. The number of carbonyl (C=O) groups is 1. The zero-order chi connectivity index (χ0) is 20.2. The molecule has 1 unspecified atom stereocenters. The maximum atomic E-state index is 14.4. The van der Waals surface area contributed by atoms with Crippen molar-refractivity contribution < 1.29 is 13.6 Å². The monoisotopic (exact) mass is 392 g/mol. The molecule has 0 saturated carbocycles. The zero-order valence-electron chi connectivity index (χ0n) is 15.4. The number of hydrogen-bond acceptors (Lipinski definition) is 4. The van der Waals surface area contributed by atoms with Crippen LogP contribution in [0.2, 0.25) is 0 Å². The number of pyridine rings is 1. The smallest absolute Gasteiger partial charge is 0.237 e. The average Bonchev–Trinajstić information content (AvgIpc) is 3.03. The maximum absolute atomic E-state index is 14.4. The van der Waals surface area contributed by atoms with Gasteiger partial charge in [-0.25, -0.2) is 8.78 Å². The third-order valence-electron chi connectivity index (χ3n) is 4.69. The molecule has 0 saturated heterocycles. The number of benzene rings is 2. The molecule has 2 aromatic carbocycles. The van der Waals surface area contributed by atoms with Crippen LogP contribution in [0.3, 0.4) is 0 Å². The molecule has 1 amide bonds. The van der Waals surface area contributed by atoms with Crippen LogP contribution in [0.1, 0.15) is 17.0 Å². The maximum Gasteiger partial charge on any atom is 0.237 e. The van der Waals surface area contributed by atoms with E-state index in [-0.39, 0.29) is 5.91 Å². The Labute approximate surface area is 166 Å². The minimum Gasteiger partial charge on any atom is -0.382 e. The Morgan fingerprint density at radius 2 is 1.93 bits per heavy atom. The molecule has 4 rings (SSSR count). The summed E-state index contributed by atoms with van der Waals surface area (Å²) >= 11 is 0. The highest BCUT2D eigenvalue weighted by Gasteiger charge is 2.29. The summed E-state index contributed by atoms with van der Waals surface area (Å²) in [4.78, 5) is 20.3. The molecule has 0 bridgehead atoms. The second-order valence-corrected chi connectivity index (χ2v) is 6.67. The fourth-order valence-corrected chi connectivity index (χ4v) is 3.18. The number of carbonyl (C=O) groups excluding carboxylic acids is 1. The molecule has 0 radical (unpaired) electrons. The summed E-state index contributed by atoms with van der Waals surface area (Å²) in [7, 11) is 0. The second-order valence-electron chi connectivity index (χ2n) is 6.67. The van der Waals surface area contributed by atoms with Crippen molar-refractivity contribution in [3.8, 4) is 0 Å². The van der Waals surface area contributed by atoms with Crippen molar-refractivity contribution in [1.29, 1.82) is 0 Å². The van der Waals surface area contributed by atoms with Crippen molar-refractivity contribution in [3.05, 3.63) is 83.7 Å². The number of aromatic nitrogens is 1. The van der Waals surface area contributed by atoms with E-state index in [1.807, 2.05) is 12.1 Å². The summed E-state index contributed by atoms with van der Waals surface area (Å²) in [6.45, 7) is 0.578. The van der Waals surface area contributed by atoms with Crippen LogP contribution >= 0.6 is 0 Å². The predicted molar refractivity (Wildman–Crippen MR) is 109 cm³/mol. The number of fused-ring (bicyclic) bond motifs is 1. The number of anilines is 2. The van der Waals surface area contributed by atoms with Crippen LogP contribution in [0, 0.1) is 11.6 Å². The first-order valence-electron chi connectivity index (χ1n) is 9.17. The van der Waals surface area contributed by atoms with Gasteiger partial charge in [0.05, 0.1) is 11.4 Å². The number of rotatable bonds is 6. The number of hydrogen-bond donors (Lipinski definition) is 2. The van der Waals surface area contributed by atoms with Crippen LogP contribution in [0.15, 0.2) is 65.9 Å². The van der Waals surface area contributed by atoms with Crippen molar-refractivity contribution in [2.24, 2.45) is 4.99 Å². The average molecular weight is 392 g/mol. The molecule has 1 atom stereocenters. The number of nitrogens with one attached hydrogen (secondary N) is 2. The van der Waals surface area contributed by atoms with E-state index in [9.17, 15) is 13.6 Å². The Hall–Kier alpha value is -3.61. The summed E-state index contributed by atoms with van der Waals surface area (Å²) < 4.78 is 27.9. The van der Waals surface area contributed by atoms with E-state index in [1.165, 1.54) is 30.5 Å². The topological polar surface area (TPSA) is 66.4 Å². The molecule has 7 heteroatoms. The van der Waals surface area contributed by atoms with Gasteiger partial charge in [0.25, 0.3) is 0 Å². The van der Waals surface area contributed by atoms with Gasteiger partial charge in [0, 0.05) is 36.9 Å². The standard InChI is InChI=1S/C22H18F2N4O/c23-15-1-3-20-17(11-15)18(22(29)28-20)13-27-16-2-4-21(19(24)12-16)26-10-7-14-5-8-25-9-6-14/h1-6,8-9,11-13,18,26H,7,10H2,(H,28,29). The fraction of sp³-hybridized carbons (Fsp3) is 0.136. The quantitative estimate of drug-likeness (QED) is 0.609. The van der Waals surface area contributed by atoms with Crippen LogP contribution < -0.4 is 10.6 Å². The van der Waals surface area contributed by atoms with Crippen molar-refractivity contribution in [2.45, 2.75) is 12.3 Å². The van der Waals surface area contributed by atoms with Crippen molar-refractivity contribution >= 4 is 29.2 Å². The third-order valence-corrected chi connectivity index (χ3v) is 4.69. The summed E-state index contributed by atoms with van der Waals surface area (Å²) in [5.74, 6) is -1.85. The zero-order valence-corrected chi connectivity index (χ0v) is 15.4. The number of halogens is 2. The highest BCUT2D eigenvalue weighted by atomic mass is 19.1. The van der Waals surface area contributed by atoms with Crippen LogP contribution in [0.5, 0.6) is 0 Å². The second kappa shape index (κ2) is 8.18. The summed E-state index contributed by atoms with van der Waals surface area (Å²) in [5, 5.41) is 5.74. The highest BCUT2D eigenvalue weighted by Crippen LogP contribution is 2.32. The third kappa shape index (κ3) is 4.29. The van der Waals surface area contributed by atoms with E-state index >= 15 is 0 Å². The molecule has 5 nitrogen and oxygen atoms in total. The molecular formula is C22H18F2N4O. The molecule has 0 aliphatic carbocycles. The molecule has 146 valence electrons. The molecule has 1 aromatic heterocycles. The molecule has 1 aliphatic heterocycles. The lowest BCUT2D eigenvalue weighted by molar-refractivity contribution is -0.115. The normalized spacial score (nSPS) is 15.4. The minimum absolute atomic E-state index is 0.288.